The number of amides is 3. The summed E-state index contributed by atoms with van der Waals surface area (Å²) in [6.07, 6.45) is 8.33. The molecule has 2 heterocycles. The molecule has 2 aliphatic carbocycles. The molecule has 2 saturated heterocycles. The van der Waals surface area contributed by atoms with Crippen LogP contribution in [0.1, 0.15) is 57.6 Å². The first-order chi connectivity index (χ1) is 15.4. The number of hydrogen-bond acceptors (Lipinski definition) is 4. The zero-order chi connectivity index (χ0) is 22.6. The molecule has 7 unspecified atom stereocenters. The number of hydrogen-bond donors (Lipinski definition) is 0. The van der Waals surface area contributed by atoms with Crippen LogP contribution in [0.4, 0.5) is 0 Å². The van der Waals surface area contributed by atoms with Gasteiger partial charge in [0.25, 0.3) is 0 Å². The highest BCUT2D eigenvalue weighted by Crippen LogP contribution is 2.54. The van der Waals surface area contributed by atoms with Gasteiger partial charge in [0, 0.05) is 12.1 Å². The average Bonchev–Trinajstić information content (AvgIpc) is 3.46. The zero-order valence-electron chi connectivity index (χ0n) is 19.1. The Balaban J connectivity index is 1.47. The van der Waals surface area contributed by atoms with Crippen molar-refractivity contribution in [2.75, 3.05) is 7.11 Å². The van der Waals surface area contributed by atoms with Gasteiger partial charge in [-0.2, -0.15) is 0 Å². The van der Waals surface area contributed by atoms with E-state index in [1.165, 1.54) is 4.90 Å². The summed E-state index contributed by atoms with van der Waals surface area (Å²) in [4.78, 5) is 44.0. The van der Waals surface area contributed by atoms with Crippen LogP contribution in [0.3, 0.4) is 0 Å². The number of benzene rings is 1. The Bertz CT molecular complexity index is 915. The number of allylic oxidation sites excluding steroid dienone is 2. The molecular weight excluding hydrogens is 404 g/mol. The molecule has 0 N–H and O–H groups in total. The van der Waals surface area contributed by atoms with Crippen LogP contribution in [0, 0.1) is 23.7 Å². The molecule has 1 aromatic carbocycles. The summed E-state index contributed by atoms with van der Waals surface area (Å²) < 4.78 is 5.29. The minimum Gasteiger partial charge on any atom is -0.497 e. The molecule has 0 radical (unpaired) electrons. The van der Waals surface area contributed by atoms with Crippen LogP contribution in [0.25, 0.3) is 0 Å². The first kappa shape index (κ1) is 21.2. The van der Waals surface area contributed by atoms with Gasteiger partial charge in [0.1, 0.15) is 5.75 Å². The topological polar surface area (TPSA) is 66.9 Å². The van der Waals surface area contributed by atoms with Gasteiger partial charge in [-0.05, 0) is 69.1 Å². The lowest BCUT2D eigenvalue weighted by Gasteiger charge is -2.40. The van der Waals surface area contributed by atoms with Crippen molar-refractivity contribution in [2.24, 2.45) is 23.7 Å². The maximum absolute atomic E-state index is 13.5. The molecule has 3 amide bonds. The van der Waals surface area contributed by atoms with Crippen molar-refractivity contribution in [3.63, 3.8) is 0 Å². The maximum Gasteiger partial charge on any atom is 0.234 e. The van der Waals surface area contributed by atoms with E-state index in [9.17, 15) is 14.4 Å². The van der Waals surface area contributed by atoms with E-state index in [-0.39, 0.29) is 59.9 Å². The van der Waals surface area contributed by atoms with Crippen molar-refractivity contribution < 1.29 is 19.1 Å². The first-order valence-electron chi connectivity index (χ1n) is 11.9. The maximum atomic E-state index is 13.5. The Labute approximate surface area is 189 Å². The molecule has 1 aromatic rings. The van der Waals surface area contributed by atoms with Crippen LogP contribution in [-0.2, 0) is 14.4 Å². The van der Waals surface area contributed by atoms with Gasteiger partial charge in [-0.15, -0.1) is 0 Å². The second-order valence-electron chi connectivity index (χ2n) is 9.97. The fourth-order valence-corrected chi connectivity index (χ4v) is 6.60. The number of ether oxygens (including phenoxy) is 1. The summed E-state index contributed by atoms with van der Waals surface area (Å²) in [5, 5.41) is 0. The summed E-state index contributed by atoms with van der Waals surface area (Å²) in [6, 6.07) is 7.17. The fraction of sp³-hybridized carbons (Fsp3) is 0.577. The van der Waals surface area contributed by atoms with E-state index in [1.54, 1.807) is 7.11 Å². The SMILES string of the molecule is COc1ccc(C(CC(=O)N2C(C)CCCC2C)N2C(=O)C3C4C=CC(C4)C3C2=O)cc1. The highest BCUT2D eigenvalue weighted by molar-refractivity contribution is 6.07. The van der Waals surface area contributed by atoms with Gasteiger partial charge < -0.3 is 9.64 Å². The third-order valence-corrected chi connectivity index (χ3v) is 8.17. The molecule has 7 atom stereocenters. The molecular formula is C26H32N2O4. The smallest absolute Gasteiger partial charge is 0.234 e. The molecule has 0 spiro atoms. The van der Waals surface area contributed by atoms with Gasteiger partial charge in [0.15, 0.2) is 0 Å². The van der Waals surface area contributed by atoms with E-state index in [1.807, 2.05) is 29.2 Å². The fourth-order valence-electron chi connectivity index (χ4n) is 6.60. The van der Waals surface area contributed by atoms with Crippen molar-refractivity contribution in [1.29, 1.82) is 0 Å². The largest absolute Gasteiger partial charge is 0.497 e. The normalized spacial score (nSPS) is 34.2. The number of piperidine rings is 1. The number of imide groups is 1. The van der Waals surface area contributed by atoms with Crippen molar-refractivity contribution in [3.8, 4) is 5.75 Å². The number of carbonyl (C=O) groups excluding carboxylic acids is 3. The summed E-state index contributed by atoms with van der Waals surface area (Å²) in [7, 11) is 1.60. The first-order valence-corrected chi connectivity index (χ1v) is 11.9. The highest BCUT2D eigenvalue weighted by atomic mass is 16.5. The number of fused-ring (bicyclic) bond motifs is 5. The lowest BCUT2D eigenvalue weighted by molar-refractivity contribution is -0.146. The number of methoxy groups -OCH3 is 1. The van der Waals surface area contributed by atoms with E-state index < -0.39 is 6.04 Å². The third-order valence-electron chi connectivity index (χ3n) is 8.17. The monoisotopic (exact) mass is 436 g/mol. The van der Waals surface area contributed by atoms with Gasteiger partial charge in [0.05, 0.1) is 31.4 Å². The van der Waals surface area contributed by atoms with E-state index in [2.05, 4.69) is 26.0 Å². The Hall–Kier alpha value is -2.63. The Morgan fingerprint density at radius 2 is 1.56 bits per heavy atom. The molecule has 0 aromatic heterocycles. The van der Waals surface area contributed by atoms with Gasteiger partial charge in [-0.3, -0.25) is 19.3 Å². The van der Waals surface area contributed by atoms with E-state index >= 15 is 0 Å². The van der Waals surface area contributed by atoms with Gasteiger partial charge in [-0.25, -0.2) is 0 Å². The number of nitrogens with zero attached hydrogens (tertiary/aromatic N) is 2. The van der Waals surface area contributed by atoms with Crippen molar-refractivity contribution in [1.82, 2.24) is 9.80 Å². The molecule has 3 fully saturated rings. The van der Waals surface area contributed by atoms with Gasteiger partial charge in [-0.1, -0.05) is 24.3 Å². The highest BCUT2D eigenvalue weighted by Gasteiger charge is 2.60. The summed E-state index contributed by atoms with van der Waals surface area (Å²) in [5.41, 5.74) is 0.804. The molecule has 6 heteroatoms. The number of carbonyl (C=O) groups is 3. The number of likely N-dealkylation sites (tertiary alicyclic amines) is 2. The number of rotatable bonds is 5. The molecule has 2 bridgehead atoms. The van der Waals surface area contributed by atoms with Crippen molar-refractivity contribution in [3.05, 3.63) is 42.0 Å². The van der Waals surface area contributed by atoms with Crippen LogP contribution in [0.15, 0.2) is 36.4 Å². The molecule has 170 valence electrons. The Kier molecular flexibility index (Phi) is 5.34. The predicted octanol–water partition coefficient (Wildman–Crippen LogP) is 3.72. The summed E-state index contributed by atoms with van der Waals surface area (Å²) in [5.74, 6) is 0.291. The Morgan fingerprint density at radius 3 is 2.09 bits per heavy atom. The van der Waals surface area contributed by atoms with Crippen LogP contribution < -0.4 is 4.74 Å². The van der Waals surface area contributed by atoms with Gasteiger partial charge >= 0.3 is 0 Å². The molecule has 4 aliphatic rings. The average molecular weight is 437 g/mol. The van der Waals surface area contributed by atoms with Crippen LogP contribution in [-0.4, -0.2) is 46.7 Å². The molecule has 2 aliphatic heterocycles. The second-order valence-corrected chi connectivity index (χ2v) is 9.97. The summed E-state index contributed by atoms with van der Waals surface area (Å²) in [6.45, 7) is 4.19. The standard InChI is InChI=1S/C26H32N2O4/c1-15-5-4-6-16(2)27(15)22(29)14-21(17-9-11-20(32-3)12-10-17)28-25(30)23-18-7-8-19(13-18)24(23)26(28)31/h7-12,15-16,18-19,21,23-24H,4-6,13-14H2,1-3H3. The van der Waals surface area contributed by atoms with E-state index in [0.717, 1.165) is 31.2 Å². The van der Waals surface area contributed by atoms with Crippen molar-refractivity contribution in [2.45, 2.75) is 64.1 Å². The van der Waals surface area contributed by atoms with Gasteiger partial charge in [0.2, 0.25) is 17.7 Å². The van der Waals surface area contributed by atoms with E-state index in [0.29, 0.717) is 5.75 Å². The minimum absolute atomic E-state index is 0.0178. The lowest BCUT2D eigenvalue weighted by atomic mass is 9.85. The quantitative estimate of drug-likeness (QED) is 0.521. The minimum atomic E-state index is -0.584. The van der Waals surface area contributed by atoms with Crippen molar-refractivity contribution >= 4 is 17.7 Å². The molecule has 32 heavy (non-hydrogen) atoms. The van der Waals surface area contributed by atoms with E-state index in [4.69, 9.17) is 4.74 Å². The summed E-state index contributed by atoms with van der Waals surface area (Å²) >= 11 is 0. The molecule has 6 nitrogen and oxygen atoms in total. The second kappa shape index (κ2) is 8.05. The third kappa shape index (κ3) is 3.26. The zero-order valence-corrected chi connectivity index (χ0v) is 19.1. The van der Waals surface area contributed by atoms with Crippen LogP contribution in [0.5, 0.6) is 5.75 Å². The molecule has 5 rings (SSSR count). The van der Waals surface area contributed by atoms with Crippen LogP contribution in [0.2, 0.25) is 0 Å². The van der Waals surface area contributed by atoms with Crippen LogP contribution >= 0.6 is 0 Å². The lowest BCUT2D eigenvalue weighted by Crippen LogP contribution is -2.49. The predicted molar refractivity (Wildman–Crippen MR) is 120 cm³/mol. The molecule has 1 saturated carbocycles. The Morgan fingerprint density at radius 1 is 1.00 bits per heavy atom.